The molecule has 0 spiro atoms. The first-order chi connectivity index (χ1) is 10.1. The molecule has 1 fully saturated rings. The van der Waals surface area contributed by atoms with Crippen LogP contribution in [-0.4, -0.2) is 20.6 Å². The summed E-state index contributed by atoms with van der Waals surface area (Å²) in [7, 11) is 0. The largest absolute Gasteiger partial charge is 0.478 e. The van der Waals surface area contributed by atoms with E-state index in [4.69, 9.17) is 0 Å². The van der Waals surface area contributed by atoms with Crippen LogP contribution in [0, 0.1) is 12.8 Å². The topological polar surface area (TPSA) is 55.1 Å². The molecule has 0 aliphatic heterocycles. The van der Waals surface area contributed by atoms with E-state index < -0.39 is 5.97 Å². The van der Waals surface area contributed by atoms with Gasteiger partial charge in [-0.2, -0.15) is 0 Å². The van der Waals surface area contributed by atoms with Crippen LogP contribution >= 0.6 is 0 Å². The van der Waals surface area contributed by atoms with Crippen molar-refractivity contribution in [2.45, 2.75) is 52.0 Å². The Morgan fingerprint density at radius 3 is 2.71 bits per heavy atom. The molecular formula is C17H22N2O2. The maximum Gasteiger partial charge on any atom is 0.337 e. The van der Waals surface area contributed by atoms with Gasteiger partial charge in [-0.3, -0.25) is 0 Å². The number of hydrogen-bond donors (Lipinski definition) is 1. The lowest BCUT2D eigenvalue weighted by molar-refractivity contribution is 0.0699. The number of carboxylic acid groups (broad SMARTS) is 1. The van der Waals surface area contributed by atoms with Crippen molar-refractivity contribution >= 4 is 17.0 Å². The Labute approximate surface area is 124 Å². The minimum atomic E-state index is -0.907. The Bertz CT molecular complexity index is 669. The second-order valence-corrected chi connectivity index (χ2v) is 6.15. The number of para-hydroxylation sites is 1. The van der Waals surface area contributed by atoms with E-state index in [9.17, 15) is 9.90 Å². The normalized spacial score (nSPS) is 18.0. The van der Waals surface area contributed by atoms with Crippen LogP contribution in [0.4, 0.5) is 0 Å². The number of nitrogens with zero attached hydrogens (tertiary/aromatic N) is 2. The van der Waals surface area contributed by atoms with Crippen molar-refractivity contribution in [3.05, 3.63) is 29.6 Å². The highest BCUT2D eigenvalue weighted by molar-refractivity contribution is 6.01. The molecule has 1 aliphatic carbocycles. The number of imidazole rings is 1. The fourth-order valence-electron chi connectivity index (χ4n) is 3.75. The van der Waals surface area contributed by atoms with Gasteiger partial charge in [0.05, 0.1) is 11.1 Å². The first kappa shape index (κ1) is 14.1. The monoisotopic (exact) mass is 286 g/mol. The number of fused-ring (bicyclic) bond motifs is 1. The molecule has 0 radical (unpaired) electrons. The van der Waals surface area contributed by atoms with Gasteiger partial charge >= 0.3 is 5.97 Å². The van der Waals surface area contributed by atoms with Crippen molar-refractivity contribution in [1.29, 1.82) is 0 Å². The standard InChI is InChI=1S/C17H22N2O2/c1-11(13-7-4-3-5-8-13)19-12(2)18-16-14(17(20)21)9-6-10-15(16)19/h6,9-11,13H,3-5,7-8H2,1-2H3,(H,20,21). The third kappa shape index (κ3) is 2.43. The van der Waals surface area contributed by atoms with Crippen LogP contribution in [0.1, 0.15) is 61.3 Å². The minimum Gasteiger partial charge on any atom is -0.478 e. The first-order valence-electron chi connectivity index (χ1n) is 7.80. The Kier molecular flexibility index (Phi) is 3.70. The number of aromatic nitrogens is 2. The second-order valence-electron chi connectivity index (χ2n) is 6.15. The van der Waals surface area contributed by atoms with Gasteiger partial charge in [-0.1, -0.05) is 25.3 Å². The molecule has 1 aliphatic rings. The van der Waals surface area contributed by atoms with Crippen LogP contribution in [-0.2, 0) is 0 Å². The zero-order valence-corrected chi connectivity index (χ0v) is 12.7. The SMILES string of the molecule is Cc1nc2c(C(=O)O)cccc2n1C(C)C1CCCCC1. The Hall–Kier alpha value is -1.84. The number of rotatable bonds is 3. The lowest BCUT2D eigenvalue weighted by Crippen LogP contribution is -2.20. The van der Waals surface area contributed by atoms with Gasteiger partial charge in [0.2, 0.25) is 0 Å². The van der Waals surface area contributed by atoms with Crippen molar-refractivity contribution < 1.29 is 9.90 Å². The van der Waals surface area contributed by atoms with Crippen LogP contribution in [0.3, 0.4) is 0 Å². The lowest BCUT2D eigenvalue weighted by Gasteiger charge is -2.29. The fourth-order valence-corrected chi connectivity index (χ4v) is 3.75. The molecule has 4 heteroatoms. The number of benzene rings is 1. The van der Waals surface area contributed by atoms with E-state index in [0.717, 1.165) is 11.3 Å². The molecule has 1 aromatic heterocycles. The quantitative estimate of drug-likeness (QED) is 0.920. The number of hydrogen-bond acceptors (Lipinski definition) is 2. The third-order valence-electron chi connectivity index (χ3n) is 4.87. The van der Waals surface area contributed by atoms with Crippen molar-refractivity contribution in [2.24, 2.45) is 5.92 Å². The molecule has 1 heterocycles. The first-order valence-corrected chi connectivity index (χ1v) is 7.80. The average molecular weight is 286 g/mol. The predicted octanol–water partition coefficient (Wildman–Crippen LogP) is 4.18. The number of aryl methyl sites for hydroxylation is 1. The molecule has 1 N–H and O–H groups in total. The summed E-state index contributed by atoms with van der Waals surface area (Å²) in [6.07, 6.45) is 6.48. The zero-order chi connectivity index (χ0) is 15.0. The molecule has 2 aromatic rings. The number of carbonyl (C=O) groups is 1. The molecule has 0 bridgehead atoms. The van der Waals surface area contributed by atoms with E-state index in [2.05, 4.69) is 16.5 Å². The average Bonchev–Trinajstić information content (AvgIpc) is 2.82. The van der Waals surface area contributed by atoms with Crippen LogP contribution in [0.2, 0.25) is 0 Å². The summed E-state index contributed by atoms with van der Waals surface area (Å²) in [5.74, 6) is 0.677. The molecule has 21 heavy (non-hydrogen) atoms. The van der Waals surface area contributed by atoms with E-state index >= 15 is 0 Å². The molecule has 3 rings (SSSR count). The number of carboxylic acids is 1. The summed E-state index contributed by atoms with van der Waals surface area (Å²) >= 11 is 0. The molecule has 1 aromatic carbocycles. The Morgan fingerprint density at radius 1 is 1.33 bits per heavy atom. The van der Waals surface area contributed by atoms with Crippen LogP contribution in [0.25, 0.3) is 11.0 Å². The highest BCUT2D eigenvalue weighted by atomic mass is 16.4. The van der Waals surface area contributed by atoms with Crippen molar-refractivity contribution in [3.63, 3.8) is 0 Å². The molecule has 1 unspecified atom stereocenters. The summed E-state index contributed by atoms with van der Waals surface area (Å²) in [5, 5.41) is 9.32. The molecule has 1 saturated carbocycles. The van der Waals surface area contributed by atoms with Gasteiger partial charge in [-0.05, 0) is 44.7 Å². The second kappa shape index (κ2) is 5.51. The maximum absolute atomic E-state index is 11.4. The van der Waals surface area contributed by atoms with Gasteiger partial charge in [0.25, 0.3) is 0 Å². The van der Waals surface area contributed by atoms with Gasteiger partial charge in [-0.25, -0.2) is 9.78 Å². The minimum absolute atomic E-state index is 0.296. The molecule has 0 saturated heterocycles. The van der Waals surface area contributed by atoms with E-state index in [1.54, 1.807) is 6.07 Å². The van der Waals surface area contributed by atoms with Gasteiger partial charge in [0, 0.05) is 6.04 Å². The highest BCUT2D eigenvalue weighted by Gasteiger charge is 2.25. The summed E-state index contributed by atoms with van der Waals surface area (Å²) in [5.41, 5.74) is 1.86. The van der Waals surface area contributed by atoms with Gasteiger partial charge in [0.15, 0.2) is 0 Å². The summed E-state index contributed by atoms with van der Waals surface area (Å²) in [4.78, 5) is 15.9. The van der Waals surface area contributed by atoms with E-state index in [1.807, 2.05) is 19.1 Å². The molecule has 4 nitrogen and oxygen atoms in total. The van der Waals surface area contributed by atoms with E-state index in [-0.39, 0.29) is 0 Å². The molecule has 112 valence electrons. The van der Waals surface area contributed by atoms with Crippen LogP contribution < -0.4 is 0 Å². The van der Waals surface area contributed by atoms with Crippen LogP contribution in [0.5, 0.6) is 0 Å². The zero-order valence-electron chi connectivity index (χ0n) is 12.7. The molecule has 1 atom stereocenters. The van der Waals surface area contributed by atoms with Crippen LogP contribution in [0.15, 0.2) is 18.2 Å². The predicted molar refractivity (Wildman–Crippen MR) is 82.7 cm³/mol. The van der Waals surface area contributed by atoms with Gasteiger partial charge < -0.3 is 9.67 Å². The fraction of sp³-hybridized carbons (Fsp3) is 0.529. The lowest BCUT2D eigenvalue weighted by atomic mass is 9.84. The Balaban J connectivity index is 2.07. The van der Waals surface area contributed by atoms with Gasteiger partial charge in [-0.15, -0.1) is 0 Å². The Morgan fingerprint density at radius 2 is 2.05 bits per heavy atom. The van der Waals surface area contributed by atoms with Crippen molar-refractivity contribution in [3.8, 4) is 0 Å². The summed E-state index contributed by atoms with van der Waals surface area (Å²) in [6, 6.07) is 5.81. The van der Waals surface area contributed by atoms with Crippen molar-refractivity contribution in [2.75, 3.05) is 0 Å². The highest BCUT2D eigenvalue weighted by Crippen LogP contribution is 2.35. The molecular weight excluding hydrogens is 264 g/mol. The molecule has 0 amide bonds. The number of aromatic carboxylic acids is 1. The summed E-state index contributed by atoms with van der Waals surface area (Å²) < 4.78 is 2.23. The smallest absolute Gasteiger partial charge is 0.337 e. The van der Waals surface area contributed by atoms with E-state index in [0.29, 0.717) is 23.0 Å². The third-order valence-corrected chi connectivity index (χ3v) is 4.87. The van der Waals surface area contributed by atoms with Crippen molar-refractivity contribution in [1.82, 2.24) is 9.55 Å². The maximum atomic E-state index is 11.4. The summed E-state index contributed by atoms with van der Waals surface area (Å²) in [6.45, 7) is 4.22. The van der Waals surface area contributed by atoms with Gasteiger partial charge in [0.1, 0.15) is 11.3 Å². The van der Waals surface area contributed by atoms with E-state index in [1.165, 1.54) is 32.1 Å².